The first kappa shape index (κ1) is 13.5. The summed E-state index contributed by atoms with van der Waals surface area (Å²) in [6, 6.07) is 8.36. The number of nitrogens with one attached hydrogen (secondary N) is 1. The zero-order chi connectivity index (χ0) is 13.5. The van der Waals surface area contributed by atoms with Crippen LogP contribution in [0.1, 0.15) is 25.0 Å². The molecule has 0 aliphatic heterocycles. The molecule has 1 aromatic carbocycles. The van der Waals surface area contributed by atoms with Crippen molar-refractivity contribution >= 4 is 0 Å². The van der Waals surface area contributed by atoms with Crippen molar-refractivity contribution < 1.29 is 4.74 Å². The summed E-state index contributed by atoms with van der Waals surface area (Å²) in [5.41, 5.74) is 2.29. The van der Waals surface area contributed by atoms with Gasteiger partial charge in [-0.25, -0.2) is 9.97 Å². The largest absolute Gasteiger partial charge is 0.424 e. The van der Waals surface area contributed by atoms with Crippen molar-refractivity contribution in [2.75, 3.05) is 6.54 Å². The number of aryl methyl sites for hydroxylation is 1. The van der Waals surface area contributed by atoms with E-state index in [1.165, 1.54) is 5.56 Å². The fourth-order valence-corrected chi connectivity index (χ4v) is 1.69. The molecule has 4 heteroatoms. The Morgan fingerprint density at radius 3 is 2.58 bits per heavy atom. The number of hydrogen-bond donors (Lipinski definition) is 1. The second-order valence-electron chi connectivity index (χ2n) is 4.26. The van der Waals surface area contributed by atoms with E-state index in [1.807, 2.05) is 18.2 Å². The highest BCUT2D eigenvalue weighted by Gasteiger charge is 2.01. The van der Waals surface area contributed by atoms with Crippen molar-refractivity contribution in [3.8, 4) is 11.8 Å². The molecule has 0 saturated carbocycles. The molecule has 0 bridgehead atoms. The molecule has 1 aromatic heterocycles. The normalized spacial score (nSPS) is 10.4. The van der Waals surface area contributed by atoms with Crippen molar-refractivity contribution in [2.45, 2.75) is 26.8 Å². The lowest BCUT2D eigenvalue weighted by Gasteiger charge is -2.06. The van der Waals surface area contributed by atoms with Gasteiger partial charge in [-0.15, -0.1) is 0 Å². The molecule has 4 nitrogen and oxygen atoms in total. The standard InChI is InChI=1S/C15H19N3O/c1-3-12-6-5-7-14(8-12)19-15-17-10-13(11-18-15)9-16-4-2/h5-8,10-11,16H,3-4,9H2,1-2H3. The van der Waals surface area contributed by atoms with Gasteiger partial charge in [-0.3, -0.25) is 0 Å². The van der Waals surface area contributed by atoms with Crippen molar-refractivity contribution in [3.05, 3.63) is 47.8 Å². The third-order valence-electron chi connectivity index (χ3n) is 2.78. The van der Waals surface area contributed by atoms with E-state index in [1.54, 1.807) is 12.4 Å². The van der Waals surface area contributed by atoms with Crippen LogP contribution in [-0.4, -0.2) is 16.5 Å². The van der Waals surface area contributed by atoms with Crippen LogP contribution in [0, 0.1) is 0 Å². The Balaban J connectivity index is 2.02. The molecule has 0 unspecified atom stereocenters. The Hall–Kier alpha value is -1.94. The number of aromatic nitrogens is 2. The van der Waals surface area contributed by atoms with Gasteiger partial charge in [0, 0.05) is 24.5 Å². The van der Waals surface area contributed by atoms with E-state index in [0.29, 0.717) is 6.01 Å². The molecule has 0 radical (unpaired) electrons. The molecule has 0 aliphatic rings. The molecule has 19 heavy (non-hydrogen) atoms. The maximum Gasteiger partial charge on any atom is 0.321 e. The van der Waals surface area contributed by atoms with Crippen molar-refractivity contribution in [1.82, 2.24) is 15.3 Å². The molecule has 1 N–H and O–H groups in total. The van der Waals surface area contributed by atoms with Gasteiger partial charge in [-0.1, -0.05) is 26.0 Å². The van der Waals surface area contributed by atoms with Crippen LogP contribution in [0.5, 0.6) is 11.8 Å². The van der Waals surface area contributed by atoms with Crippen LogP contribution < -0.4 is 10.1 Å². The first-order valence-electron chi connectivity index (χ1n) is 6.60. The monoisotopic (exact) mass is 257 g/mol. The van der Waals surface area contributed by atoms with Gasteiger partial charge in [0.1, 0.15) is 5.75 Å². The zero-order valence-electron chi connectivity index (χ0n) is 11.4. The average Bonchev–Trinajstić information content (AvgIpc) is 2.47. The number of nitrogens with zero attached hydrogens (tertiary/aromatic N) is 2. The molecule has 0 atom stereocenters. The smallest absolute Gasteiger partial charge is 0.321 e. The summed E-state index contributed by atoms with van der Waals surface area (Å²) < 4.78 is 5.64. The summed E-state index contributed by atoms with van der Waals surface area (Å²) in [7, 11) is 0. The molecule has 0 amide bonds. The van der Waals surface area contributed by atoms with Crippen LogP contribution in [0.3, 0.4) is 0 Å². The number of ether oxygens (including phenoxy) is 1. The van der Waals surface area contributed by atoms with Gasteiger partial charge in [0.15, 0.2) is 0 Å². The van der Waals surface area contributed by atoms with E-state index < -0.39 is 0 Å². The third-order valence-corrected chi connectivity index (χ3v) is 2.78. The van der Waals surface area contributed by atoms with Crippen LogP contribution in [0.4, 0.5) is 0 Å². The van der Waals surface area contributed by atoms with Crippen LogP contribution >= 0.6 is 0 Å². The minimum absolute atomic E-state index is 0.383. The lowest BCUT2D eigenvalue weighted by atomic mass is 10.2. The van der Waals surface area contributed by atoms with Gasteiger partial charge < -0.3 is 10.1 Å². The van der Waals surface area contributed by atoms with Gasteiger partial charge in [-0.05, 0) is 30.7 Å². The Morgan fingerprint density at radius 2 is 1.89 bits per heavy atom. The van der Waals surface area contributed by atoms with Crippen LogP contribution in [0.25, 0.3) is 0 Å². The highest BCUT2D eigenvalue weighted by molar-refractivity contribution is 5.30. The average molecular weight is 257 g/mol. The lowest BCUT2D eigenvalue weighted by molar-refractivity contribution is 0.440. The highest BCUT2D eigenvalue weighted by Crippen LogP contribution is 2.19. The van der Waals surface area contributed by atoms with E-state index in [0.717, 1.165) is 30.8 Å². The summed E-state index contributed by atoms with van der Waals surface area (Å²) in [6.45, 7) is 5.90. The van der Waals surface area contributed by atoms with Gasteiger partial charge in [0.25, 0.3) is 0 Å². The van der Waals surface area contributed by atoms with Gasteiger partial charge >= 0.3 is 6.01 Å². The van der Waals surface area contributed by atoms with Crippen LogP contribution in [-0.2, 0) is 13.0 Å². The molecule has 0 spiro atoms. The van der Waals surface area contributed by atoms with Gasteiger partial charge in [0.05, 0.1) is 0 Å². The number of rotatable bonds is 6. The van der Waals surface area contributed by atoms with Crippen LogP contribution in [0.2, 0.25) is 0 Å². The molecular weight excluding hydrogens is 238 g/mol. The zero-order valence-corrected chi connectivity index (χ0v) is 11.4. The lowest BCUT2D eigenvalue weighted by Crippen LogP contribution is -2.12. The summed E-state index contributed by atoms with van der Waals surface area (Å²) in [6.07, 6.45) is 4.56. The third kappa shape index (κ3) is 4.03. The summed E-state index contributed by atoms with van der Waals surface area (Å²) in [5, 5.41) is 3.23. The maximum atomic E-state index is 5.64. The number of benzene rings is 1. The van der Waals surface area contributed by atoms with E-state index in [9.17, 15) is 0 Å². The molecule has 2 aromatic rings. The first-order valence-corrected chi connectivity index (χ1v) is 6.60. The van der Waals surface area contributed by atoms with E-state index >= 15 is 0 Å². The van der Waals surface area contributed by atoms with Gasteiger partial charge in [0.2, 0.25) is 0 Å². The summed E-state index contributed by atoms with van der Waals surface area (Å²) in [4.78, 5) is 8.42. The molecule has 0 aliphatic carbocycles. The molecule has 2 rings (SSSR count). The fraction of sp³-hybridized carbons (Fsp3) is 0.333. The quantitative estimate of drug-likeness (QED) is 0.864. The summed E-state index contributed by atoms with van der Waals surface area (Å²) in [5.74, 6) is 0.777. The van der Waals surface area contributed by atoms with Crippen molar-refractivity contribution in [3.63, 3.8) is 0 Å². The SMILES string of the molecule is CCNCc1cnc(Oc2cccc(CC)c2)nc1. The summed E-state index contributed by atoms with van der Waals surface area (Å²) >= 11 is 0. The van der Waals surface area contributed by atoms with E-state index in [4.69, 9.17) is 4.74 Å². The Morgan fingerprint density at radius 1 is 1.11 bits per heavy atom. The van der Waals surface area contributed by atoms with Crippen LogP contribution in [0.15, 0.2) is 36.7 Å². The van der Waals surface area contributed by atoms with E-state index in [2.05, 4.69) is 35.2 Å². The Labute approximate surface area is 113 Å². The van der Waals surface area contributed by atoms with Crippen molar-refractivity contribution in [2.24, 2.45) is 0 Å². The predicted octanol–water partition coefficient (Wildman–Crippen LogP) is 2.94. The Kier molecular flexibility index (Phi) is 4.86. The molecule has 1 heterocycles. The maximum absolute atomic E-state index is 5.64. The van der Waals surface area contributed by atoms with Gasteiger partial charge in [-0.2, -0.15) is 0 Å². The molecular formula is C15H19N3O. The topological polar surface area (TPSA) is 47.0 Å². The molecule has 0 saturated heterocycles. The predicted molar refractivity (Wildman–Crippen MR) is 75.3 cm³/mol. The second kappa shape index (κ2) is 6.85. The first-order chi connectivity index (χ1) is 9.31. The fourth-order valence-electron chi connectivity index (χ4n) is 1.69. The molecule has 100 valence electrons. The second-order valence-corrected chi connectivity index (χ2v) is 4.26. The minimum Gasteiger partial charge on any atom is -0.424 e. The minimum atomic E-state index is 0.383. The molecule has 0 fully saturated rings. The Bertz CT molecular complexity index is 511. The number of hydrogen-bond acceptors (Lipinski definition) is 4. The van der Waals surface area contributed by atoms with E-state index in [-0.39, 0.29) is 0 Å². The van der Waals surface area contributed by atoms with Crippen molar-refractivity contribution in [1.29, 1.82) is 0 Å². The highest BCUT2D eigenvalue weighted by atomic mass is 16.5.